The van der Waals surface area contributed by atoms with Gasteiger partial charge in [0.15, 0.2) is 0 Å². The van der Waals surface area contributed by atoms with Gasteiger partial charge in [0.2, 0.25) is 0 Å². The number of nitrogens with zero attached hydrogens (tertiary/aromatic N) is 1. The van der Waals surface area contributed by atoms with Gasteiger partial charge in [0.25, 0.3) is 5.91 Å². The van der Waals surface area contributed by atoms with E-state index < -0.39 is 0 Å². The van der Waals surface area contributed by atoms with Crippen molar-refractivity contribution in [2.24, 2.45) is 0 Å². The zero-order chi connectivity index (χ0) is 16.0. The number of halogens is 2. The molecular formula is C18H14ClFN2O. The van der Waals surface area contributed by atoms with Crippen LogP contribution in [0.1, 0.15) is 21.6 Å². The Hall–Kier alpha value is -2.33. The number of hydrogen-bond donors (Lipinski definition) is 1. The lowest BCUT2D eigenvalue weighted by molar-refractivity contribution is 0.0735. The normalized spacial score (nSPS) is 14.1. The van der Waals surface area contributed by atoms with E-state index in [0.717, 1.165) is 28.6 Å². The number of H-pyrrole nitrogens is 1. The first kappa shape index (κ1) is 14.3. The van der Waals surface area contributed by atoms with Crippen molar-refractivity contribution >= 4 is 28.4 Å². The average Bonchev–Trinajstić information content (AvgIpc) is 2.91. The second kappa shape index (κ2) is 5.39. The minimum atomic E-state index is -0.259. The largest absolute Gasteiger partial charge is 0.358 e. The Morgan fingerprint density at radius 2 is 1.96 bits per heavy atom. The van der Waals surface area contributed by atoms with E-state index in [1.165, 1.54) is 12.1 Å². The van der Waals surface area contributed by atoms with Crippen molar-refractivity contribution in [3.63, 3.8) is 0 Å². The second-order valence-corrected chi connectivity index (χ2v) is 6.19. The highest BCUT2D eigenvalue weighted by Gasteiger charge is 2.24. The molecule has 2 aromatic carbocycles. The van der Waals surface area contributed by atoms with Crippen LogP contribution in [0.4, 0.5) is 4.39 Å². The molecule has 0 spiro atoms. The van der Waals surface area contributed by atoms with Crippen LogP contribution in [0.3, 0.4) is 0 Å². The Kier molecular flexibility index (Phi) is 3.34. The first-order chi connectivity index (χ1) is 11.1. The third-order valence-corrected chi connectivity index (χ3v) is 4.57. The molecule has 0 atom stereocenters. The molecule has 4 rings (SSSR count). The molecule has 5 heteroatoms. The number of rotatable bonds is 1. The van der Waals surface area contributed by atoms with Gasteiger partial charge < -0.3 is 9.88 Å². The highest BCUT2D eigenvalue weighted by molar-refractivity contribution is 6.30. The van der Waals surface area contributed by atoms with E-state index in [1.54, 1.807) is 30.3 Å². The van der Waals surface area contributed by atoms with Gasteiger partial charge in [0.05, 0.1) is 0 Å². The van der Waals surface area contributed by atoms with Crippen LogP contribution in [0.2, 0.25) is 5.02 Å². The zero-order valence-electron chi connectivity index (χ0n) is 12.3. The molecule has 23 heavy (non-hydrogen) atoms. The van der Waals surface area contributed by atoms with Crippen molar-refractivity contribution in [2.45, 2.75) is 13.0 Å². The molecule has 1 N–H and O–H groups in total. The summed E-state index contributed by atoms with van der Waals surface area (Å²) in [6.07, 6.45) is 0.741. The molecule has 0 radical (unpaired) electrons. The van der Waals surface area contributed by atoms with Gasteiger partial charge >= 0.3 is 0 Å². The minimum Gasteiger partial charge on any atom is -0.358 e. The van der Waals surface area contributed by atoms with Crippen LogP contribution in [0.15, 0.2) is 42.5 Å². The fourth-order valence-electron chi connectivity index (χ4n) is 3.14. The van der Waals surface area contributed by atoms with Gasteiger partial charge in [0.1, 0.15) is 5.82 Å². The summed E-state index contributed by atoms with van der Waals surface area (Å²) in [6, 6.07) is 11.7. The standard InChI is InChI=1S/C18H14ClFN2O/c19-12-3-1-11(2-4-12)18(23)22-8-7-16-15(10-22)14-6-5-13(20)9-17(14)21-16/h1-6,9,21H,7-8,10H2. The number of aromatic amines is 1. The number of fused-ring (bicyclic) bond motifs is 3. The Labute approximate surface area is 137 Å². The van der Waals surface area contributed by atoms with E-state index in [2.05, 4.69) is 4.98 Å². The minimum absolute atomic E-state index is 0.0104. The van der Waals surface area contributed by atoms with Crippen molar-refractivity contribution in [1.82, 2.24) is 9.88 Å². The summed E-state index contributed by atoms with van der Waals surface area (Å²) in [7, 11) is 0. The zero-order valence-corrected chi connectivity index (χ0v) is 13.0. The Balaban J connectivity index is 1.66. The fourth-order valence-corrected chi connectivity index (χ4v) is 3.27. The molecule has 0 saturated carbocycles. The van der Waals surface area contributed by atoms with Crippen molar-refractivity contribution in [1.29, 1.82) is 0 Å². The van der Waals surface area contributed by atoms with Crippen LogP contribution in [0.5, 0.6) is 0 Å². The molecule has 1 aliphatic rings. The number of carbonyl (C=O) groups excluding carboxylic acids is 1. The topological polar surface area (TPSA) is 36.1 Å². The van der Waals surface area contributed by atoms with Crippen LogP contribution in [0, 0.1) is 5.82 Å². The smallest absolute Gasteiger partial charge is 0.254 e. The molecule has 116 valence electrons. The average molecular weight is 329 g/mol. The molecule has 0 fully saturated rings. The summed E-state index contributed by atoms with van der Waals surface area (Å²) >= 11 is 5.87. The van der Waals surface area contributed by atoms with Crippen molar-refractivity contribution in [3.8, 4) is 0 Å². The van der Waals surface area contributed by atoms with E-state index in [-0.39, 0.29) is 11.7 Å². The molecule has 0 bridgehead atoms. The van der Waals surface area contributed by atoms with Gasteiger partial charge in [0, 0.05) is 52.3 Å². The molecule has 0 unspecified atom stereocenters. The second-order valence-electron chi connectivity index (χ2n) is 5.76. The van der Waals surface area contributed by atoms with E-state index in [0.29, 0.717) is 23.7 Å². The summed E-state index contributed by atoms with van der Waals surface area (Å²) in [6.45, 7) is 1.17. The summed E-state index contributed by atoms with van der Waals surface area (Å²) in [5, 5.41) is 1.59. The van der Waals surface area contributed by atoms with Crippen molar-refractivity contribution < 1.29 is 9.18 Å². The maximum atomic E-state index is 13.4. The van der Waals surface area contributed by atoms with Crippen molar-refractivity contribution in [3.05, 3.63) is 70.1 Å². The maximum Gasteiger partial charge on any atom is 0.254 e. The SMILES string of the molecule is O=C(c1ccc(Cl)cc1)N1CCc2[nH]c3cc(F)ccc3c2C1. The summed E-state index contributed by atoms with van der Waals surface area (Å²) in [5.74, 6) is -0.269. The predicted molar refractivity (Wildman–Crippen MR) is 88.2 cm³/mol. The van der Waals surface area contributed by atoms with E-state index in [1.807, 2.05) is 4.90 Å². The first-order valence-electron chi connectivity index (χ1n) is 7.45. The molecular weight excluding hydrogens is 315 g/mol. The van der Waals surface area contributed by atoms with Gasteiger partial charge in [-0.3, -0.25) is 4.79 Å². The summed E-state index contributed by atoms with van der Waals surface area (Å²) < 4.78 is 13.4. The van der Waals surface area contributed by atoms with E-state index in [9.17, 15) is 9.18 Å². The highest BCUT2D eigenvalue weighted by Crippen LogP contribution is 2.29. The van der Waals surface area contributed by atoms with E-state index in [4.69, 9.17) is 11.6 Å². The lowest BCUT2D eigenvalue weighted by Gasteiger charge is -2.27. The highest BCUT2D eigenvalue weighted by atomic mass is 35.5. The fraction of sp³-hybridized carbons (Fsp3) is 0.167. The van der Waals surface area contributed by atoms with Crippen LogP contribution in [0.25, 0.3) is 10.9 Å². The first-order valence-corrected chi connectivity index (χ1v) is 7.83. The quantitative estimate of drug-likeness (QED) is 0.715. The third-order valence-electron chi connectivity index (χ3n) is 4.32. The van der Waals surface area contributed by atoms with Crippen LogP contribution < -0.4 is 0 Å². The number of benzene rings is 2. The van der Waals surface area contributed by atoms with E-state index >= 15 is 0 Å². The van der Waals surface area contributed by atoms with Gasteiger partial charge in [-0.05, 0) is 42.5 Å². The van der Waals surface area contributed by atoms with Crippen LogP contribution >= 0.6 is 11.6 Å². The predicted octanol–water partition coefficient (Wildman–Crippen LogP) is 4.16. The molecule has 1 aliphatic heterocycles. The Bertz CT molecular complexity index is 901. The molecule has 0 saturated heterocycles. The third kappa shape index (κ3) is 2.49. The maximum absolute atomic E-state index is 13.4. The number of carbonyl (C=O) groups is 1. The van der Waals surface area contributed by atoms with Gasteiger partial charge in [-0.2, -0.15) is 0 Å². The molecule has 3 aromatic rings. The lowest BCUT2D eigenvalue weighted by atomic mass is 10.0. The molecule has 1 aromatic heterocycles. The van der Waals surface area contributed by atoms with Crippen molar-refractivity contribution in [2.75, 3.05) is 6.54 Å². The number of hydrogen-bond acceptors (Lipinski definition) is 1. The lowest BCUT2D eigenvalue weighted by Crippen LogP contribution is -2.35. The van der Waals surface area contributed by atoms with Gasteiger partial charge in [-0.1, -0.05) is 11.6 Å². The molecule has 0 aliphatic carbocycles. The van der Waals surface area contributed by atoms with Crippen LogP contribution in [-0.2, 0) is 13.0 Å². The van der Waals surface area contributed by atoms with Crippen LogP contribution in [-0.4, -0.2) is 22.3 Å². The summed E-state index contributed by atoms with van der Waals surface area (Å²) in [4.78, 5) is 17.7. The summed E-state index contributed by atoms with van der Waals surface area (Å²) in [5.41, 5.74) is 3.58. The molecule has 2 heterocycles. The number of nitrogens with one attached hydrogen (secondary N) is 1. The number of amides is 1. The molecule has 3 nitrogen and oxygen atoms in total. The number of aromatic nitrogens is 1. The Morgan fingerprint density at radius 3 is 2.74 bits per heavy atom. The van der Waals surface area contributed by atoms with Gasteiger partial charge in [-0.15, -0.1) is 0 Å². The Morgan fingerprint density at radius 1 is 1.17 bits per heavy atom. The van der Waals surface area contributed by atoms with Gasteiger partial charge in [-0.25, -0.2) is 4.39 Å². The molecule has 1 amide bonds. The monoisotopic (exact) mass is 328 g/mol.